The maximum absolute atomic E-state index is 14.9. The number of nitrogens with one attached hydrogen (secondary N) is 3. The van der Waals surface area contributed by atoms with Crippen molar-refractivity contribution >= 4 is 81.2 Å². The van der Waals surface area contributed by atoms with Crippen LogP contribution in [0.5, 0.6) is 0 Å². The minimum atomic E-state index is -3.58. The summed E-state index contributed by atoms with van der Waals surface area (Å²) in [6, 6.07) is 42.9. The lowest BCUT2D eigenvalue weighted by atomic mass is 10.2. The van der Waals surface area contributed by atoms with Gasteiger partial charge in [-0.05, 0) is 24.3 Å². The zero-order chi connectivity index (χ0) is 30.7. The molecular formula is C36H25BN6O2P. The minimum Gasteiger partial charge on any atom is -0.361 e. The van der Waals surface area contributed by atoms with Gasteiger partial charge in [-0.3, -0.25) is 4.57 Å². The molecule has 1 aliphatic heterocycles. The number of aromatic nitrogens is 3. The van der Waals surface area contributed by atoms with E-state index in [4.69, 9.17) is 14.4 Å². The summed E-state index contributed by atoms with van der Waals surface area (Å²) in [6.07, 6.45) is 0. The summed E-state index contributed by atoms with van der Waals surface area (Å²) < 4.78 is 23.2. The van der Waals surface area contributed by atoms with Crippen LogP contribution in [0.3, 0.4) is 0 Å². The third-order valence-corrected chi connectivity index (χ3v) is 10.8. The van der Waals surface area contributed by atoms with Crippen LogP contribution >= 0.6 is 7.37 Å². The first-order valence-electron chi connectivity index (χ1n) is 15.0. The van der Waals surface area contributed by atoms with Crippen molar-refractivity contribution in [2.45, 2.75) is 0 Å². The Bertz CT molecular complexity index is 2440. The normalized spacial score (nSPS) is 12.6. The van der Waals surface area contributed by atoms with Crippen molar-refractivity contribution in [1.29, 1.82) is 0 Å². The molecule has 9 rings (SSSR count). The van der Waals surface area contributed by atoms with Crippen LogP contribution in [0.1, 0.15) is 0 Å². The average molecular weight is 615 g/mol. The first kappa shape index (κ1) is 26.7. The van der Waals surface area contributed by atoms with Gasteiger partial charge >= 0.3 is 7.62 Å². The van der Waals surface area contributed by atoms with E-state index in [1.807, 2.05) is 126 Å². The summed E-state index contributed by atoms with van der Waals surface area (Å²) in [5.74, 6) is 2.98. The smallest absolute Gasteiger partial charge is 0.361 e. The second kappa shape index (κ2) is 10.5. The van der Waals surface area contributed by atoms with E-state index < -0.39 is 7.37 Å². The van der Waals surface area contributed by atoms with Crippen LogP contribution in [-0.2, 0) is 9.01 Å². The van der Waals surface area contributed by atoms with E-state index in [-0.39, 0.29) is 0 Å². The molecule has 0 amide bonds. The summed E-state index contributed by atoms with van der Waals surface area (Å²) in [4.78, 5) is 17.5. The number of fused-ring (bicyclic) bond motifs is 15. The molecule has 8 aromatic rings. The van der Waals surface area contributed by atoms with Gasteiger partial charge in [0.25, 0.3) is 0 Å². The molecule has 3 N–H and O–H groups in total. The SMILES string of the molecule is O=P(O[B]n1c2c3ccccc3c1=Nc1[nH]c(c3ccccc13)Nc1[nH]c(c3ccccc13)N=2)(c1ccccc1)c1ccccc1. The van der Waals surface area contributed by atoms with E-state index in [0.29, 0.717) is 33.2 Å². The standard InChI is InChI=1S/C36H25BN6O2P/c44-46(23-13-3-1-4-14-23,24-15-5-2-6-16-24)45-37-43-35-29-21-11-12-22-30(29)36(43)42-34-28-20-10-8-18-26(28)32(40-34)38-31-25-17-7-9-19-27(25)33(39-31)41-35/h1-22,38-40H. The molecule has 4 heterocycles. The Morgan fingerprint density at radius 2 is 0.913 bits per heavy atom. The Kier molecular flexibility index (Phi) is 6.10. The summed E-state index contributed by atoms with van der Waals surface area (Å²) >= 11 is 0. The number of aromatic amines is 2. The van der Waals surface area contributed by atoms with Gasteiger partial charge in [0.1, 0.15) is 34.2 Å². The van der Waals surface area contributed by atoms with E-state index in [1.54, 1.807) is 0 Å². The summed E-state index contributed by atoms with van der Waals surface area (Å²) in [7, 11) is -2.06. The number of nitrogens with zero attached hydrogens (tertiary/aromatic N) is 3. The molecular weight excluding hydrogens is 590 g/mol. The summed E-state index contributed by atoms with van der Waals surface area (Å²) in [6.45, 7) is 0. The fraction of sp³-hybridized carbons (Fsp3) is 0. The second-order valence-corrected chi connectivity index (χ2v) is 13.5. The number of anilines is 2. The Labute approximate surface area is 263 Å². The van der Waals surface area contributed by atoms with Gasteiger partial charge < -0.3 is 24.2 Å². The number of hydrogen-bond acceptors (Lipinski definition) is 5. The average Bonchev–Trinajstić information content (AvgIpc) is 3.74. The molecule has 10 heteroatoms. The predicted octanol–water partition coefficient (Wildman–Crippen LogP) is 6.89. The molecule has 6 bridgehead atoms. The highest BCUT2D eigenvalue weighted by atomic mass is 31.2. The lowest BCUT2D eigenvalue weighted by molar-refractivity contribution is 0.511. The lowest BCUT2D eigenvalue weighted by Crippen LogP contribution is -2.34. The Hall–Kier alpha value is -5.63. The van der Waals surface area contributed by atoms with Gasteiger partial charge in [-0.25, -0.2) is 9.98 Å². The molecule has 219 valence electrons. The molecule has 0 saturated carbocycles. The van der Waals surface area contributed by atoms with Crippen LogP contribution in [0.25, 0.3) is 32.3 Å². The number of H-pyrrole nitrogens is 2. The zero-order valence-corrected chi connectivity index (χ0v) is 25.3. The van der Waals surface area contributed by atoms with Gasteiger partial charge in [0.15, 0.2) is 0 Å². The molecule has 1 aliphatic rings. The van der Waals surface area contributed by atoms with Gasteiger partial charge in [-0.2, -0.15) is 0 Å². The van der Waals surface area contributed by atoms with Crippen LogP contribution in [0.15, 0.2) is 143 Å². The van der Waals surface area contributed by atoms with Crippen LogP contribution in [0.2, 0.25) is 0 Å². The highest BCUT2D eigenvalue weighted by molar-refractivity contribution is 7.75. The van der Waals surface area contributed by atoms with Gasteiger partial charge in [0.2, 0.25) is 7.37 Å². The van der Waals surface area contributed by atoms with Gasteiger partial charge in [-0.15, -0.1) is 0 Å². The molecule has 0 saturated heterocycles. The number of hydrogen-bond donors (Lipinski definition) is 3. The van der Waals surface area contributed by atoms with E-state index in [2.05, 4.69) is 27.4 Å². The van der Waals surface area contributed by atoms with Crippen LogP contribution in [0.4, 0.5) is 23.3 Å². The highest BCUT2D eigenvalue weighted by Crippen LogP contribution is 2.44. The highest BCUT2D eigenvalue weighted by Gasteiger charge is 2.30. The molecule has 46 heavy (non-hydrogen) atoms. The predicted molar refractivity (Wildman–Crippen MR) is 185 cm³/mol. The van der Waals surface area contributed by atoms with Crippen molar-refractivity contribution in [1.82, 2.24) is 14.4 Å². The Morgan fingerprint density at radius 3 is 1.37 bits per heavy atom. The van der Waals surface area contributed by atoms with Crippen molar-refractivity contribution in [3.63, 3.8) is 0 Å². The molecule has 0 atom stereocenters. The first-order chi connectivity index (χ1) is 22.7. The quantitative estimate of drug-likeness (QED) is 0.145. The third-order valence-electron chi connectivity index (χ3n) is 8.43. The molecule has 1 radical (unpaired) electrons. The fourth-order valence-electron chi connectivity index (χ4n) is 6.23. The van der Waals surface area contributed by atoms with Crippen LogP contribution < -0.4 is 26.9 Å². The van der Waals surface area contributed by atoms with E-state index in [1.165, 1.54) is 7.62 Å². The van der Waals surface area contributed by atoms with E-state index >= 15 is 0 Å². The third kappa shape index (κ3) is 4.17. The Balaban J connectivity index is 1.36. The maximum atomic E-state index is 14.9. The number of benzene rings is 5. The van der Waals surface area contributed by atoms with Crippen LogP contribution in [0, 0.1) is 0 Å². The van der Waals surface area contributed by atoms with Crippen molar-refractivity contribution in [2.24, 2.45) is 9.98 Å². The minimum absolute atomic E-state index is 0.589. The second-order valence-electron chi connectivity index (χ2n) is 11.1. The molecule has 3 aromatic heterocycles. The van der Waals surface area contributed by atoms with Crippen molar-refractivity contribution in [2.75, 3.05) is 5.32 Å². The largest absolute Gasteiger partial charge is 0.452 e. The molecule has 0 spiro atoms. The van der Waals surface area contributed by atoms with Gasteiger partial charge in [0, 0.05) is 42.9 Å². The summed E-state index contributed by atoms with van der Waals surface area (Å²) in [5, 5.41) is 10.4. The molecule has 8 nitrogen and oxygen atoms in total. The topological polar surface area (TPSA) is 99.6 Å². The van der Waals surface area contributed by atoms with Crippen molar-refractivity contribution < 1.29 is 9.01 Å². The lowest BCUT2D eigenvalue weighted by Gasteiger charge is -2.19. The molecule has 5 aromatic carbocycles. The molecule has 0 aliphatic carbocycles. The van der Waals surface area contributed by atoms with E-state index in [0.717, 1.165) is 44.0 Å². The summed E-state index contributed by atoms with van der Waals surface area (Å²) in [5.41, 5.74) is 1.19. The van der Waals surface area contributed by atoms with Crippen molar-refractivity contribution in [3.05, 3.63) is 144 Å². The first-order valence-corrected chi connectivity index (χ1v) is 16.6. The van der Waals surface area contributed by atoms with Crippen LogP contribution in [-0.4, -0.2) is 22.1 Å². The Morgan fingerprint density at radius 1 is 0.522 bits per heavy atom. The monoisotopic (exact) mass is 615 g/mol. The van der Waals surface area contributed by atoms with Gasteiger partial charge in [-0.1, -0.05) is 109 Å². The zero-order valence-electron chi connectivity index (χ0n) is 24.4. The number of rotatable bonds is 5. The maximum Gasteiger partial charge on any atom is 0.452 e. The van der Waals surface area contributed by atoms with Gasteiger partial charge in [0.05, 0.1) is 0 Å². The molecule has 0 fully saturated rings. The van der Waals surface area contributed by atoms with E-state index in [9.17, 15) is 4.57 Å². The molecule has 0 unspecified atom stereocenters. The fourth-order valence-corrected chi connectivity index (χ4v) is 8.12. The van der Waals surface area contributed by atoms with Crippen molar-refractivity contribution in [3.8, 4) is 0 Å².